The van der Waals surface area contributed by atoms with Crippen molar-refractivity contribution in [3.63, 3.8) is 0 Å². The highest BCUT2D eigenvalue weighted by molar-refractivity contribution is 9.10. The maximum absolute atomic E-state index is 6.09. The van der Waals surface area contributed by atoms with E-state index < -0.39 is 0 Å². The van der Waals surface area contributed by atoms with Crippen LogP contribution >= 0.6 is 27.5 Å². The lowest BCUT2D eigenvalue weighted by Crippen LogP contribution is -2.11. The molecular formula is C17H16BrClN2O2. The minimum Gasteiger partial charge on any atom is -0.490 e. The van der Waals surface area contributed by atoms with E-state index in [-0.39, 0.29) is 0 Å². The summed E-state index contributed by atoms with van der Waals surface area (Å²) in [5, 5.41) is 0.587. The second-order valence-corrected chi connectivity index (χ2v) is 6.29. The van der Waals surface area contributed by atoms with Crippen LogP contribution in [0, 0.1) is 0 Å². The van der Waals surface area contributed by atoms with Gasteiger partial charge in [0.15, 0.2) is 0 Å². The summed E-state index contributed by atoms with van der Waals surface area (Å²) < 4.78 is 14.2. The lowest BCUT2D eigenvalue weighted by atomic mass is 10.3. The molecule has 3 rings (SSSR count). The Labute approximate surface area is 148 Å². The van der Waals surface area contributed by atoms with Crippen LogP contribution in [0.5, 0.6) is 5.75 Å². The molecule has 1 aromatic heterocycles. The third kappa shape index (κ3) is 4.25. The molecule has 0 bridgehead atoms. The van der Waals surface area contributed by atoms with Crippen molar-refractivity contribution in [1.29, 1.82) is 0 Å². The van der Waals surface area contributed by atoms with Crippen molar-refractivity contribution in [1.82, 2.24) is 9.55 Å². The molecule has 3 aromatic rings. The number of rotatable bonds is 7. The topological polar surface area (TPSA) is 36.3 Å². The normalized spacial score (nSPS) is 11.0. The van der Waals surface area contributed by atoms with Crippen LogP contribution in [0.4, 0.5) is 0 Å². The number of benzene rings is 2. The second-order valence-electron chi connectivity index (χ2n) is 4.96. The van der Waals surface area contributed by atoms with E-state index in [0.29, 0.717) is 30.6 Å². The Balaban J connectivity index is 1.40. The third-order valence-electron chi connectivity index (χ3n) is 3.38. The van der Waals surface area contributed by atoms with E-state index in [1.807, 2.05) is 42.7 Å². The fourth-order valence-electron chi connectivity index (χ4n) is 2.26. The van der Waals surface area contributed by atoms with E-state index in [1.165, 1.54) is 0 Å². The molecule has 0 atom stereocenters. The van der Waals surface area contributed by atoms with E-state index in [2.05, 4.69) is 31.5 Å². The number of hydrogen-bond acceptors (Lipinski definition) is 3. The van der Waals surface area contributed by atoms with Crippen molar-refractivity contribution in [2.45, 2.75) is 6.54 Å². The molecule has 23 heavy (non-hydrogen) atoms. The third-order valence-corrected chi connectivity index (χ3v) is 4.17. The monoisotopic (exact) mass is 394 g/mol. The molecule has 0 radical (unpaired) electrons. The summed E-state index contributed by atoms with van der Waals surface area (Å²) in [5.74, 6) is 0.666. The SMILES string of the molecule is Clc1cc(Br)ccc1OCCOCCn1cnc2ccccc21. The van der Waals surface area contributed by atoms with Crippen LogP contribution in [0.3, 0.4) is 0 Å². The maximum atomic E-state index is 6.09. The summed E-state index contributed by atoms with van der Waals surface area (Å²) in [6.07, 6.45) is 1.84. The van der Waals surface area contributed by atoms with Gasteiger partial charge in [0.25, 0.3) is 0 Å². The second kappa shape index (κ2) is 7.81. The van der Waals surface area contributed by atoms with Crippen LogP contribution in [0.1, 0.15) is 0 Å². The van der Waals surface area contributed by atoms with E-state index in [4.69, 9.17) is 21.1 Å². The fraction of sp³-hybridized carbons (Fsp3) is 0.235. The molecule has 0 aliphatic heterocycles. The molecule has 0 aliphatic carbocycles. The molecule has 0 spiro atoms. The highest BCUT2D eigenvalue weighted by Gasteiger charge is 2.03. The van der Waals surface area contributed by atoms with E-state index in [9.17, 15) is 0 Å². The van der Waals surface area contributed by atoms with Gasteiger partial charge < -0.3 is 14.0 Å². The highest BCUT2D eigenvalue weighted by atomic mass is 79.9. The lowest BCUT2D eigenvalue weighted by Gasteiger charge is -2.09. The van der Waals surface area contributed by atoms with Crippen molar-refractivity contribution in [2.24, 2.45) is 0 Å². The van der Waals surface area contributed by atoms with Gasteiger partial charge in [0.1, 0.15) is 12.4 Å². The zero-order valence-corrected chi connectivity index (χ0v) is 14.8. The summed E-state index contributed by atoms with van der Waals surface area (Å²) in [4.78, 5) is 4.35. The molecule has 0 aliphatic rings. The van der Waals surface area contributed by atoms with Gasteiger partial charge in [-0.2, -0.15) is 0 Å². The molecule has 0 N–H and O–H groups in total. The van der Waals surface area contributed by atoms with Gasteiger partial charge in [-0.3, -0.25) is 0 Å². The summed E-state index contributed by atoms with van der Waals surface area (Å²) in [6.45, 7) is 2.35. The van der Waals surface area contributed by atoms with E-state index in [1.54, 1.807) is 0 Å². The van der Waals surface area contributed by atoms with Gasteiger partial charge in [0.2, 0.25) is 0 Å². The van der Waals surface area contributed by atoms with Crippen LogP contribution in [0.25, 0.3) is 11.0 Å². The Morgan fingerprint density at radius 3 is 2.83 bits per heavy atom. The van der Waals surface area contributed by atoms with Gasteiger partial charge in [-0.25, -0.2) is 4.98 Å². The standard InChI is InChI=1S/C17H16BrClN2O2/c18-13-5-6-17(14(19)11-13)23-10-9-22-8-7-21-12-20-15-3-1-2-4-16(15)21/h1-6,11-12H,7-10H2. The average Bonchev–Trinajstić information content (AvgIpc) is 2.96. The molecule has 0 saturated heterocycles. The zero-order chi connectivity index (χ0) is 16.1. The molecule has 0 amide bonds. The molecule has 0 saturated carbocycles. The van der Waals surface area contributed by atoms with Crippen LogP contribution in [-0.4, -0.2) is 29.4 Å². The molecule has 120 valence electrons. The van der Waals surface area contributed by atoms with Crippen molar-refractivity contribution < 1.29 is 9.47 Å². The summed E-state index contributed by atoms with van der Waals surface area (Å²) in [5.41, 5.74) is 2.12. The van der Waals surface area contributed by atoms with E-state index in [0.717, 1.165) is 22.1 Å². The Morgan fingerprint density at radius 1 is 1.09 bits per heavy atom. The van der Waals surface area contributed by atoms with Gasteiger partial charge in [-0.15, -0.1) is 0 Å². The van der Waals surface area contributed by atoms with Crippen LogP contribution in [0.2, 0.25) is 5.02 Å². The number of aromatic nitrogens is 2. The minimum atomic E-state index is 0.464. The maximum Gasteiger partial charge on any atom is 0.138 e. The first-order valence-electron chi connectivity index (χ1n) is 7.29. The van der Waals surface area contributed by atoms with Gasteiger partial charge in [-0.1, -0.05) is 39.7 Å². The average molecular weight is 396 g/mol. The molecule has 4 nitrogen and oxygen atoms in total. The number of nitrogens with zero attached hydrogens (tertiary/aromatic N) is 2. The number of para-hydroxylation sites is 2. The quantitative estimate of drug-likeness (QED) is 0.551. The first-order chi connectivity index (χ1) is 11.2. The smallest absolute Gasteiger partial charge is 0.138 e. The first kappa shape index (κ1) is 16.3. The fourth-order valence-corrected chi connectivity index (χ4v) is 2.98. The van der Waals surface area contributed by atoms with Crippen LogP contribution < -0.4 is 4.74 Å². The first-order valence-corrected chi connectivity index (χ1v) is 8.46. The number of imidazole rings is 1. The van der Waals surface area contributed by atoms with Crippen LogP contribution in [0.15, 0.2) is 53.3 Å². The van der Waals surface area contributed by atoms with Crippen molar-refractivity contribution in [3.05, 3.63) is 58.3 Å². The van der Waals surface area contributed by atoms with Gasteiger partial charge in [0, 0.05) is 11.0 Å². The Kier molecular flexibility index (Phi) is 5.54. The number of ether oxygens (including phenoxy) is 2. The summed E-state index contributed by atoms with van der Waals surface area (Å²) >= 11 is 9.45. The molecule has 0 unspecified atom stereocenters. The van der Waals surface area contributed by atoms with Crippen molar-refractivity contribution in [2.75, 3.05) is 19.8 Å². The van der Waals surface area contributed by atoms with Gasteiger partial charge >= 0.3 is 0 Å². The van der Waals surface area contributed by atoms with Gasteiger partial charge in [0.05, 0.1) is 35.6 Å². The Bertz CT molecular complexity index is 791. The molecule has 1 heterocycles. The number of halogens is 2. The number of hydrogen-bond donors (Lipinski definition) is 0. The van der Waals surface area contributed by atoms with Crippen LogP contribution in [-0.2, 0) is 11.3 Å². The predicted octanol–water partition coefficient (Wildman–Crippen LogP) is 4.55. The van der Waals surface area contributed by atoms with Crippen molar-refractivity contribution in [3.8, 4) is 5.75 Å². The predicted molar refractivity (Wildman–Crippen MR) is 95.2 cm³/mol. The largest absolute Gasteiger partial charge is 0.490 e. The molecule has 0 fully saturated rings. The Hall–Kier alpha value is -1.56. The summed E-state index contributed by atoms with van der Waals surface area (Å²) in [6, 6.07) is 13.6. The van der Waals surface area contributed by atoms with Crippen molar-refractivity contribution >= 4 is 38.6 Å². The minimum absolute atomic E-state index is 0.464. The summed E-state index contributed by atoms with van der Waals surface area (Å²) in [7, 11) is 0. The molecular weight excluding hydrogens is 380 g/mol. The molecule has 2 aromatic carbocycles. The Morgan fingerprint density at radius 2 is 1.96 bits per heavy atom. The zero-order valence-electron chi connectivity index (χ0n) is 12.4. The van der Waals surface area contributed by atoms with E-state index >= 15 is 0 Å². The lowest BCUT2D eigenvalue weighted by molar-refractivity contribution is 0.0949. The highest BCUT2D eigenvalue weighted by Crippen LogP contribution is 2.27. The van der Waals surface area contributed by atoms with Gasteiger partial charge in [-0.05, 0) is 30.3 Å². The number of fused-ring (bicyclic) bond motifs is 1. The molecule has 6 heteroatoms.